The maximum Gasteiger partial charge on any atom is 0.407 e. The summed E-state index contributed by atoms with van der Waals surface area (Å²) in [4.78, 5) is 22.7. The Morgan fingerprint density at radius 1 is 1.05 bits per heavy atom. The Hall–Kier alpha value is -3.65. The molecule has 0 aliphatic heterocycles. The highest BCUT2D eigenvalue weighted by atomic mass is 16.5. The van der Waals surface area contributed by atoms with Crippen LogP contribution in [0.25, 0.3) is 21.9 Å². The van der Waals surface area contributed by atoms with Gasteiger partial charge in [-0.3, -0.25) is 4.98 Å². The number of carbonyl (C=O) groups is 1. The molecule has 37 heavy (non-hydrogen) atoms. The zero-order valence-electron chi connectivity index (χ0n) is 22.1. The van der Waals surface area contributed by atoms with E-state index in [9.17, 15) is 9.90 Å². The number of rotatable bonds is 11. The first-order chi connectivity index (χ1) is 17.8. The van der Waals surface area contributed by atoms with Crippen LogP contribution in [0.15, 0.2) is 54.7 Å². The quantitative estimate of drug-likeness (QED) is 0.243. The van der Waals surface area contributed by atoms with Crippen molar-refractivity contribution in [3.8, 4) is 5.75 Å². The van der Waals surface area contributed by atoms with Crippen molar-refractivity contribution < 1.29 is 19.4 Å². The molecule has 0 unspecified atom stereocenters. The van der Waals surface area contributed by atoms with Crippen LogP contribution in [0.3, 0.4) is 0 Å². The van der Waals surface area contributed by atoms with E-state index in [4.69, 9.17) is 14.5 Å². The zero-order chi connectivity index (χ0) is 26.4. The minimum atomic E-state index is -0.891. The molecule has 8 heteroatoms. The number of unbranched alkanes of at least 4 members (excludes halogenated alkanes) is 1. The van der Waals surface area contributed by atoms with Gasteiger partial charge in [-0.1, -0.05) is 30.3 Å². The fourth-order valence-corrected chi connectivity index (χ4v) is 4.47. The SMILES string of the molecule is CCOCc1nc2cnc3ccc(OCc4ccccc4)cc3c2n1CCCCN(C(=O)O)C(C)(C)C. The molecule has 0 saturated heterocycles. The summed E-state index contributed by atoms with van der Waals surface area (Å²) in [7, 11) is 0. The smallest absolute Gasteiger partial charge is 0.407 e. The molecule has 0 aliphatic rings. The van der Waals surface area contributed by atoms with E-state index in [-0.39, 0.29) is 0 Å². The number of hydrogen-bond donors (Lipinski definition) is 1. The standard InChI is InChI=1S/C29H36N4O4/c1-5-36-20-26-31-25-18-30-24-14-13-22(37-19-21-11-7-6-8-12-21)17-23(24)27(25)32(26)15-9-10-16-33(28(34)35)29(2,3)4/h6-8,11-14,17-18H,5,9-10,15-16,19-20H2,1-4H3,(H,34,35). The second-order valence-electron chi connectivity index (χ2n) is 10.1. The first kappa shape index (κ1) is 26.4. The van der Waals surface area contributed by atoms with E-state index in [0.29, 0.717) is 32.9 Å². The van der Waals surface area contributed by atoms with Crippen LogP contribution < -0.4 is 4.74 Å². The number of ether oxygens (including phenoxy) is 2. The fourth-order valence-electron chi connectivity index (χ4n) is 4.47. The van der Waals surface area contributed by atoms with Crippen molar-refractivity contribution in [1.82, 2.24) is 19.4 Å². The Morgan fingerprint density at radius 2 is 1.84 bits per heavy atom. The van der Waals surface area contributed by atoms with Gasteiger partial charge in [0.15, 0.2) is 0 Å². The van der Waals surface area contributed by atoms with Crippen LogP contribution >= 0.6 is 0 Å². The monoisotopic (exact) mass is 504 g/mol. The number of carboxylic acid groups (broad SMARTS) is 1. The number of hydrogen-bond acceptors (Lipinski definition) is 5. The predicted molar refractivity (Wildman–Crippen MR) is 145 cm³/mol. The van der Waals surface area contributed by atoms with Crippen molar-refractivity contribution in [3.63, 3.8) is 0 Å². The average molecular weight is 505 g/mol. The molecule has 0 aliphatic carbocycles. The van der Waals surface area contributed by atoms with Gasteiger partial charge in [-0.25, -0.2) is 9.78 Å². The predicted octanol–water partition coefficient (Wildman–Crippen LogP) is 6.26. The van der Waals surface area contributed by atoms with Crippen LogP contribution in [0.1, 0.15) is 51.9 Å². The Bertz CT molecular complexity index is 1350. The molecule has 1 N–H and O–H groups in total. The van der Waals surface area contributed by atoms with E-state index in [1.807, 2.05) is 76.2 Å². The van der Waals surface area contributed by atoms with Crippen LogP contribution in [0, 0.1) is 0 Å². The molecule has 2 heterocycles. The minimum absolute atomic E-state index is 0.403. The average Bonchev–Trinajstić information content (AvgIpc) is 3.23. The molecule has 8 nitrogen and oxygen atoms in total. The Labute approximate surface area is 217 Å². The summed E-state index contributed by atoms with van der Waals surface area (Å²) in [5, 5.41) is 10.6. The van der Waals surface area contributed by atoms with E-state index in [2.05, 4.69) is 9.55 Å². The van der Waals surface area contributed by atoms with Gasteiger partial charge >= 0.3 is 6.09 Å². The molecule has 0 radical (unpaired) electrons. The molecule has 1 amide bonds. The maximum atomic E-state index is 11.7. The van der Waals surface area contributed by atoms with Gasteiger partial charge in [-0.05, 0) is 64.3 Å². The van der Waals surface area contributed by atoms with Crippen LogP contribution in [-0.2, 0) is 24.5 Å². The summed E-state index contributed by atoms with van der Waals surface area (Å²) in [6.45, 7) is 10.4. The highest BCUT2D eigenvalue weighted by Crippen LogP contribution is 2.29. The molecular formula is C29H36N4O4. The van der Waals surface area contributed by atoms with Crippen LogP contribution in [0.5, 0.6) is 5.75 Å². The van der Waals surface area contributed by atoms with Crippen molar-refractivity contribution in [3.05, 3.63) is 66.1 Å². The van der Waals surface area contributed by atoms with Gasteiger partial charge in [0.2, 0.25) is 0 Å². The van der Waals surface area contributed by atoms with Gasteiger partial charge in [0.1, 0.15) is 30.3 Å². The van der Waals surface area contributed by atoms with Gasteiger partial charge < -0.3 is 24.0 Å². The van der Waals surface area contributed by atoms with Gasteiger partial charge in [0.05, 0.1) is 17.2 Å². The van der Waals surface area contributed by atoms with Crippen molar-refractivity contribution in [1.29, 1.82) is 0 Å². The summed E-state index contributed by atoms with van der Waals surface area (Å²) < 4.78 is 14.0. The van der Waals surface area contributed by atoms with Gasteiger partial charge in [0.25, 0.3) is 0 Å². The number of nitrogens with zero attached hydrogens (tertiary/aromatic N) is 4. The molecule has 2 aromatic carbocycles. The van der Waals surface area contributed by atoms with Crippen molar-refractivity contribution in [2.24, 2.45) is 0 Å². The fraction of sp³-hybridized carbons (Fsp3) is 0.414. The Kier molecular flexibility index (Phi) is 8.28. The number of aromatic nitrogens is 3. The largest absolute Gasteiger partial charge is 0.489 e. The minimum Gasteiger partial charge on any atom is -0.489 e. The maximum absolute atomic E-state index is 11.7. The van der Waals surface area contributed by atoms with E-state index < -0.39 is 11.6 Å². The molecule has 2 aromatic heterocycles. The number of benzene rings is 2. The van der Waals surface area contributed by atoms with Crippen LogP contribution in [0.4, 0.5) is 4.79 Å². The molecule has 0 spiro atoms. The highest BCUT2D eigenvalue weighted by Gasteiger charge is 2.25. The number of aryl methyl sites for hydroxylation is 1. The lowest BCUT2D eigenvalue weighted by Crippen LogP contribution is -2.45. The lowest BCUT2D eigenvalue weighted by Gasteiger charge is -2.33. The molecular weight excluding hydrogens is 468 g/mol. The number of pyridine rings is 1. The summed E-state index contributed by atoms with van der Waals surface area (Å²) in [6.07, 6.45) is 2.46. The third-order valence-electron chi connectivity index (χ3n) is 6.36. The van der Waals surface area contributed by atoms with Crippen molar-refractivity contribution >= 4 is 28.0 Å². The first-order valence-electron chi connectivity index (χ1n) is 12.8. The second kappa shape index (κ2) is 11.6. The third-order valence-corrected chi connectivity index (χ3v) is 6.36. The van der Waals surface area contributed by atoms with E-state index in [0.717, 1.165) is 51.9 Å². The van der Waals surface area contributed by atoms with Crippen molar-refractivity contribution in [2.75, 3.05) is 13.2 Å². The number of amides is 1. The molecule has 0 fully saturated rings. The highest BCUT2D eigenvalue weighted by molar-refractivity contribution is 6.02. The molecule has 4 rings (SSSR count). The molecule has 0 atom stereocenters. The Morgan fingerprint density at radius 3 is 2.54 bits per heavy atom. The lowest BCUT2D eigenvalue weighted by molar-refractivity contribution is 0.0987. The van der Waals surface area contributed by atoms with Crippen LogP contribution in [-0.4, -0.2) is 49.3 Å². The third kappa shape index (κ3) is 6.38. The first-order valence-corrected chi connectivity index (χ1v) is 12.8. The second-order valence-corrected chi connectivity index (χ2v) is 10.1. The zero-order valence-corrected chi connectivity index (χ0v) is 22.1. The topological polar surface area (TPSA) is 89.7 Å². The summed E-state index contributed by atoms with van der Waals surface area (Å²) in [6, 6.07) is 16.0. The van der Waals surface area contributed by atoms with E-state index in [1.54, 1.807) is 6.20 Å². The number of imidazole rings is 1. The van der Waals surface area contributed by atoms with Gasteiger partial charge in [-0.15, -0.1) is 0 Å². The lowest BCUT2D eigenvalue weighted by atomic mass is 10.1. The molecule has 196 valence electrons. The van der Waals surface area contributed by atoms with Crippen LogP contribution in [0.2, 0.25) is 0 Å². The van der Waals surface area contributed by atoms with Gasteiger partial charge in [-0.2, -0.15) is 0 Å². The summed E-state index contributed by atoms with van der Waals surface area (Å²) in [5.74, 6) is 1.61. The summed E-state index contributed by atoms with van der Waals surface area (Å²) in [5.41, 5.74) is 3.34. The summed E-state index contributed by atoms with van der Waals surface area (Å²) >= 11 is 0. The number of fused-ring (bicyclic) bond motifs is 3. The molecule has 0 bridgehead atoms. The Balaban J connectivity index is 1.61. The van der Waals surface area contributed by atoms with E-state index in [1.165, 1.54) is 4.90 Å². The normalized spacial score (nSPS) is 11.8. The van der Waals surface area contributed by atoms with Crippen molar-refractivity contribution in [2.45, 2.75) is 65.8 Å². The van der Waals surface area contributed by atoms with E-state index >= 15 is 0 Å². The molecule has 4 aromatic rings. The van der Waals surface area contributed by atoms with Gasteiger partial charge in [0, 0.05) is 30.6 Å². The molecule has 0 saturated carbocycles.